The molecule has 0 radical (unpaired) electrons. The molecule has 2 N–H and O–H groups in total. The van der Waals surface area contributed by atoms with Crippen molar-refractivity contribution in [3.63, 3.8) is 0 Å². The molecule has 0 aliphatic heterocycles. The van der Waals surface area contributed by atoms with Gasteiger partial charge in [-0.3, -0.25) is 9.59 Å². The van der Waals surface area contributed by atoms with Crippen LogP contribution in [0.2, 0.25) is 0 Å². The maximum absolute atomic E-state index is 11.6. The van der Waals surface area contributed by atoms with E-state index < -0.39 is 28.9 Å². The molecule has 0 bridgehead atoms. The normalized spacial score (nSPS) is 12.5. The van der Waals surface area contributed by atoms with Crippen LogP contribution in [0.15, 0.2) is 0 Å². The highest BCUT2D eigenvalue weighted by molar-refractivity contribution is 5.75. The van der Waals surface area contributed by atoms with Gasteiger partial charge in [-0.2, -0.15) is 0 Å². The Morgan fingerprint density at radius 3 is 1.81 bits per heavy atom. The Morgan fingerprint density at radius 2 is 1.46 bits per heavy atom. The van der Waals surface area contributed by atoms with Crippen LogP contribution in [-0.2, 0) is 28.6 Å². The van der Waals surface area contributed by atoms with Crippen molar-refractivity contribution in [3.8, 4) is 0 Å². The number of aliphatic hydroxyl groups is 1. The van der Waals surface area contributed by atoms with Crippen molar-refractivity contribution >= 4 is 17.9 Å². The average molecular weight is 378 g/mol. The number of methoxy groups -OCH3 is 1. The topological polar surface area (TPSA) is 119 Å². The molecule has 0 fully saturated rings. The maximum atomic E-state index is 11.6. The number of carboxylic acid groups (broad SMARTS) is 1. The predicted octanol–water partition coefficient (Wildman–Crippen LogP) is 2.02. The van der Waals surface area contributed by atoms with Crippen molar-refractivity contribution in [2.24, 2.45) is 10.8 Å². The summed E-state index contributed by atoms with van der Waals surface area (Å²) in [5.74, 6) is -1.61. The molecular formula is C18H34O8. The Morgan fingerprint density at radius 1 is 0.962 bits per heavy atom. The second-order valence-electron chi connectivity index (χ2n) is 7.12. The van der Waals surface area contributed by atoms with Crippen LogP contribution in [0, 0.1) is 10.8 Å². The zero-order chi connectivity index (χ0) is 21.0. The quantitative estimate of drug-likeness (QED) is 0.554. The largest absolute Gasteiger partial charge is 0.481 e. The summed E-state index contributed by atoms with van der Waals surface area (Å²) in [5.41, 5.74) is -1.10. The number of aliphatic carboxylic acids is 1. The molecule has 1 unspecified atom stereocenters. The van der Waals surface area contributed by atoms with Gasteiger partial charge in [0.25, 0.3) is 0 Å². The van der Waals surface area contributed by atoms with E-state index in [0.717, 1.165) is 0 Å². The molecule has 0 saturated carbocycles. The smallest absolute Gasteiger partial charge is 0.331 e. The molecule has 0 heterocycles. The highest BCUT2D eigenvalue weighted by atomic mass is 16.6. The lowest BCUT2D eigenvalue weighted by Gasteiger charge is -2.21. The molecule has 0 aromatic rings. The number of carbonyl (C=O) groups excluding carboxylic acids is 2. The van der Waals surface area contributed by atoms with Gasteiger partial charge in [-0.1, -0.05) is 13.8 Å². The summed E-state index contributed by atoms with van der Waals surface area (Å²) >= 11 is 0. The first-order valence-corrected chi connectivity index (χ1v) is 8.57. The van der Waals surface area contributed by atoms with Crippen molar-refractivity contribution in [2.45, 2.75) is 60.5 Å². The zero-order valence-electron chi connectivity index (χ0n) is 17.0. The van der Waals surface area contributed by atoms with Gasteiger partial charge in [-0.25, -0.2) is 4.79 Å². The highest BCUT2D eigenvalue weighted by Crippen LogP contribution is 2.21. The molecule has 8 heteroatoms. The second kappa shape index (κ2) is 12.6. The Hall–Kier alpha value is -1.67. The van der Waals surface area contributed by atoms with E-state index in [-0.39, 0.29) is 25.8 Å². The van der Waals surface area contributed by atoms with Crippen molar-refractivity contribution < 1.29 is 38.8 Å². The Labute approximate surface area is 155 Å². The summed E-state index contributed by atoms with van der Waals surface area (Å²) in [7, 11) is 1.25. The van der Waals surface area contributed by atoms with Gasteiger partial charge in [0.05, 0.1) is 24.5 Å². The van der Waals surface area contributed by atoms with Gasteiger partial charge in [0.2, 0.25) is 0 Å². The summed E-state index contributed by atoms with van der Waals surface area (Å²) < 4.78 is 14.2. The SMILES string of the molecule is CCC(C)(C)C(=O)O.CCC(C)(C)C(=O)OCC(O)COCC(=O)OC. The molecule has 0 aliphatic carbocycles. The molecule has 0 rings (SSSR count). The van der Waals surface area contributed by atoms with Gasteiger partial charge in [0, 0.05) is 0 Å². The molecule has 26 heavy (non-hydrogen) atoms. The molecule has 0 aliphatic rings. The fourth-order valence-electron chi connectivity index (χ4n) is 1.05. The first kappa shape index (κ1) is 26.6. The maximum Gasteiger partial charge on any atom is 0.331 e. The van der Waals surface area contributed by atoms with Gasteiger partial charge in [0.15, 0.2) is 0 Å². The summed E-state index contributed by atoms with van der Waals surface area (Å²) in [6.07, 6.45) is 0.384. The fourth-order valence-corrected chi connectivity index (χ4v) is 1.05. The van der Waals surface area contributed by atoms with E-state index in [9.17, 15) is 19.5 Å². The van der Waals surface area contributed by atoms with Crippen molar-refractivity contribution in [1.82, 2.24) is 0 Å². The lowest BCUT2D eigenvalue weighted by atomic mass is 9.91. The van der Waals surface area contributed by atoms with Crippen molar-refractivity contribution in [1.29, 1.82) is 0 Å². The van der Waals surface area contributed by atoms with Crippen LogP contribution in [0.1, 0.15) is 54.4 Å². The van der Waals surface area contributed by atoms with E-state index in [1.54, 1.807) is 27.7 Å². The third-order valence-electron chi connectivity index (χ3n) is 4.06. The summed E-state index contributed by atoms with van der Waals surface area (Å²) in [6, 6.07) is 0. The van der Waals surface area contributed by atoms with E-state index in [1.807, 2.05) is 13.8 Å². The molecule has 1 atom stereocenters. The molecule has 0 aromatic carbocycles. The fraction of sp³-hybridized carbons (Fsp3) is 0.833. The summed E-state index contributed by atoms with van der Waals surface area (Å²) in [5, 5.41) is 17.9. The predicted molar refractivity (Wildman–Crippen MR) is 95.6 cm³/mol. The minimum atomic E-state index is -0.953. The number of esters is 2. The van der Waals surface area contributed by atoms with Gasteiger partial charge < -0.3 is 24.4 Å². The van der Waals surface area contributed by atoms with Crippen LogP contribution < -0.4 is 0 Å². The van der Waals surface area contributed by atoms with Crippen LogP contribution in [0.4, 0.5) is 0 Å². The molecule has 0 aromatic heterocycles. The number of carboxylic acids is 1. The van der Waals surface area contributed by atoms with E-state index >= 15 is 0 Å². The summed E-state index contributed by atoms with van der Waals surface area (Å²) in [6.45, 7) is 10.3. The zero-order valence-corrected chi connectivity index (χ0v) is 17.0. The van der Waals surface area contributed by atoms with Gasteiger partial charge in [-0.15, -0.1) is 0 Å². The first-order valence-electron chi connectivity index (χ1n) is 8.57. The van der Waals surface area contributed by atoms with Crippen LogP contribution >= 0.6 is 0 Å². The molecule has 0 saturated heterocycles. The third-order valence-corrected chi connectivity index (χ3v) is 4.06. The second-order valence-corrected chi connectivity index (χ2v) is 7.12. The molecule has 0 amide bonds. The van der Waals surface area contributed by atoms with Gasteiger partial charge in [-0.05, 0) is 40.5 Å². The minimum Gasteiger partial charge on any atom is -0.481 e. The van der Waals surface area contributed by atoms with Gasteiger partial charge in [0.1, 0.15) is 19.3 Å². The Bertz CT molecular complexity index is 442. The monoisotopic (exact) mass is 378 g/mol. The lowest BCUT2D eigenvalue weighted by molar-refractivity contribution is -0.159. The third kappa shape index (κ3) is 11.8. The van der Waals surface area contributed by atoms with E-state index in [4.69, 9.17) is 14.6 Å². The molecule has 0 spiro atoms. The molecule has 154 valence electrons. The standard InChI is InChI=1S/C12H22O6.C6H12O2/c1-5-12(2,3)11(15)18-7-9(13)6-17-8-10(14)16-4;1-4-6(2,3)5(7)8/h9,13H,5-8H2,1-4H3;4H2,1-3H3,(H,7,8). The Balaban J connectivity index is 0. The van der Waals surface area contributed by atoms with E-state index in [1.165, 1.54) is 7.11 Å². The van der Waals surface area contributed by atoms with Gasteiger partial charge >= 0.3 is 17.9 Å². The summed E-state index contributed by atoms with van der Waals surface area (Å²) in [4.78, 5) is 32.5. The van der Waals surface area contributed by atoms with Crippen molar-refractivity contribution in [2.75, 3.05) is 26.9 Å². The number of rotatable bonds is 10. The number of hydrogen-bond acceptors (Lipinski definition) is 7. The molecule has 8 nitrogen and oxygen atoms in total. The number of carbonyl (C=O) groups is 3. The van der Waals surface area contributed by atoms with E-state index in [0.29, 0.717) is 12.8 Å². The Kier molecular flexibility index (Phi) is 12.9. The number of hydrogen-bond donors (Lipinski definition) is 2. The van der Waals surface area contributed by atoms with Crippen molar-refractivity contribution in [3.05, 3.63) is 0 Å². The average Bonchev–Trinajstić information content (AvgIpc) is 2.59. The first-order chi connectivity index (χ1) is 11.8. The highest BCUT2D eigenvalue weighted by Gasteiger charge is 2.27. The minimum absolute atomic E-state index is 0.0884. The van der Waals surface area contributed by atoms with Crippen LogP contribution in [0.3, 0.4) is 0 Å². The van der Waals surface area contributed by atoms with Crippen LogP contribution in [-0.4, -0.2) is 61.2 Å². The lowest BCUT2D eigenvalue weighted by Crippen LogP contribution is -2.31. The van der Waals surface area contributed by atoms with Crippen LogP contribution in [0.25, 0.3) is 0 Å². The molecular weight excluding hydrogens is 344 g/mol. The van der Waals surface area contributed by atoms with Crippen LogP contribution in [0.5, 0.6) is 0 Å². The number of aliphatic hydroxyl groups excluding tert-OH is 1. The number of ether oxygens (including phenoxy) is 3. The van der Waals surface area contributed by atoms with E-state index in [2.05, 4.69) is 4.74 Å².